The molecule has 1 aliphatic carbocycles. The zero-order chi connectivity index (χ0) is 8.72. The van der Waals surface area contributed by atoms with Crippen molar-refractivity contribution in [3.63, 3.8) is 0 Å². The Balaban J connectivity index is 2.51. The summed E-state index contributed by atoms with van der Waals surface area (Å²) in [4.78, 5) is 4.19. The molecule has 1 aromatic rings. The second kappa shape index (κ2) is 2.63. The van der Waals surface area contributed by atoms with Gasteiger partial charge in [0.15, 0.2) is 0 Å². The Hall–Kier alpha value is -0.760. The topological polar surface area (TPSA) is 38.9 Å². The minimum Gasteiger partial charge on any atom is -0.384 e. The second-order valence-electron chi connectivity index (χ2n) is 3.30. The highest BCUT2D eigenvalue weighted by atomic mass is 35.5. The normalized spacial score (nSPS) is 16.5. The Morgan fingerprint density at radius 3 is 2.75 bits per heavy atom. The maximum Gasteiger partial charge on any atom is 0.125 e. The van der Waals surface area contributed by atoms with Gasteiger partial charge in [-0.05, 0) is 37.3 Å². The SMILES string of the molecule is Cc1nc(N)cc(Cl)c1C1CC1. The van der Waals surface area contributed by atoms with Crippen LogP contribution in [0.1, 0.15) is 30.0 Å². The van der Waals surface area contributed by atoms with Crippen molar-refractivity contribution in [2.45, 2.75) is 25.7 Å². The van der Waals surface area contributed by atoms with E-state index in [-0.39, 0.29) is 0 Å². The van der Waals surface area contributed by atoms with Crippen molar-refractivity contribution in [1.82, 2.24) is 4.98 Å². The maximum atomic E-state index is 6.05. The molecule has 0 amide bonds. The van der Waals surface area contributed by atoms with Crippen molar-refractivity contribution in [2.75, 3.05) is 5.73 Å². The van der Waals surface area contributed by atoms with E-state index in [4.69, 9.17) is 17.3 Å². The first-order valence-corrected chi connectivity index (χ1v) is 4.49. The third-order valence-corrected chi connectivity index (χ3v) is 2.52. The summed E-state index contributed by atoms with van der Waals surface area (Å²) in [6, 6.07) is 1.74. The first kappa shape index (κ1) is 7.87. The fourth-order valence-electron chi connectivity index (χ4n) is 1.53. The van der Waals surface area contributed by atoms with Crippen molar-refractivity contribution < 1.29 is 0 Å². The summed E-state index contributed by atoms with van der Waals surface area (Å²) in [5.74, 6) is 1.16. The van der Waals surface area contributed by atoms with Crippen molar-refractivity contribution in [2.24, 2.45) is 0 Å². The van der Waals surface area contributed by atoms with Crippen LogP contribution in [0.3, 0.4) is 0 Å². The molecule has 64 valence electrons. The molecule has 1 aromatic heterocycles. The standard InChI is InChI=1S/C9H11ClN2/c1-5-9(6-2-3-6)7(10)4-8(11)12-5/h4,6H,2-3H2,1H3,(H2,11,12). The zero-order valence-corrected chi connectivity index (χ0v) is 7.73. The van der Waals surface area contributed by atoms with Crippen LogP contribution in [0.5, 0.6) is 0 Å². The molecule has 2 nitrogen and oxygen atoms in total. The average Bonchev–Trinajstić information content (AvgIpc) is 2.68. The number of anilines is 1. The molecule has 1 fully saturated rings. The quantitative estimate of drug-likeness (QED) is 0.725. The third-order valence-electron chi connectivity index (χ3n) is 2.20. The molecule has 0 saturated heterocycles. The first-order valence-electron chi connectivity index (χ1n) is 4.11. The van der Waals surface area contributed by atoms with Crippen LogP contribution < -0.4 is 5.73 Å². The van der Waals surface area contributed by atoms with Crippen LogP contribution in [-0.2, 0) is 0 Å². The predicted octanol–water partition coefficient (Wildman–Crippen LogP) is 2.50. The molecule has 0 aliphatic heterocycles. The number of aromatic nitrogens is 1. The minimum absolute atomic E-state index is 0.516. The number of hydrogen-bond acceptors (Lipinski definition) is 2. The van der Waals surface area contributed by atoms with Crippen molar-refractivity contribution in [1.29, 1.82) is 0 Å². The lowest BCUT2D eigenvalue weighted by molar-refractivity contribution is 1.04. The number of halogens is 1. The van der Waals surface area contributed by atoms with Gasteiger partial charge in [-0.2, -0.15) is 0 Å². The summed E-state index contributed by atoms with van der Waals surface area (Å²) < 4.78 is 0. The molecule has 0 bridgehead atoms. The van der Waals surface area contributed by atoms with Crippen LogP contribution in [0.2, 0.25) is 5.02 Å². The molecule has 3 heteroatoms. The fraction of sp³-hybridized carbons (Fsp3) is 0.444. The largest absolute Gasteiger partial charge is 0.384 e. The Morgan fingerprint density at radius 1 is 1.58 bits per heavy atom. The van der Waals surface area contributed by atoms with Gasteiger partial charge in [-0.15, -0.1) is 0 Å². The minimum atomic E-state index is 0.516. The number of rotatable bonds is 1. The summed E-state index contributed by atoms with van der Waals surface area (Å²) in [6.45, 7) is 1.97. The zero-order valence-electron chi connectivity index (χ0n) is 6.97. The summed E-state index contributed by atoms with van der Waals surface area (Å²) >= 11 is 6.05. The van der Waals surface area contributed by atoms with Gasteiger partial charge in [0.1, 0.15) is 5.82 Å². The highest BCUT2D eigenvalue weighted by Gasteiger charge is 2.28. The fourth-order valence-corrected chi connectivity index (χ4v) is 1.93. The van der Waals surface area contributed by atoms with Gasteiger partial charge >= 0.3 is 0 Å². The van der Waals surface area contributed by atoms with E-state index in [0.29, 0.717) is 11.7 Å². The highest BCUT2D eigenvalue weighted by Crippen LogP contribution is 2.44. The maximum absolute atomic E-state index is 6.05. The van der Waals surface area contributed by atoms with E-state index in [1.165, 1.54) is 18.4 Å². The van der Waals surface area contributed by atoms with Crippen LogP contribution in [0, 0.1) is 6.92 Å². The predicted molar refractivity (Wildman–Crippen MR) is 50.4 cm³/mol. The van der Waals surface area contributed by atoms with E-state index < -0.39 is 0 Å². The Morgan fingerprint density at radius 2 is 2.25 bits per heavy atom. The lowest BCUT2D eigenvalue weighted by Crippen LogP contribution is -1.97. The highest BCUT2D eigenvalue weighted by molar-refractivity contribution is 6.31. The second-order valence-corrected chi connectivity index (χ2v) is 3.71. The number of nitrogens with two attached hydrogens (primary N) is 1. The van der Waals surface area contributed by atoms with Crippen LogP contribution >= 0.6 is 11.6 Å². The summed E-state index contributed by atoms with van der Waals surface area (Å²) in [5, 5.41) is 0.780. The van der Waals surface area contributed by atoms with Gasteiger partial charge in [0.25, 0.3) is 0 Å². The molecule has 2 N–H and O–H groups in total. The number of nitrogens with zero attached hydrogens (tertiary/aromatic N) is 1. The van der Waals surface area contributed by atoms with Gasteiger partial charge < -0.3 is 5.73 Å². The number of nitrogen functional groups attached to an aromatic ring is 1. The molecule has 0 aromatic carbocycles. The smallest absolute Gasteiger partial charge is 0.125 e. The molecule has 0 radical (unpaired) electrons. The summed E-state index contributed by atoms with van der Waals surface area (Å²) in [6.07, 6.45) is 2.48. The molecular weight excluding hydrogens is 172 g/mol. The van der Waals surface area contributed by atoms with E-state index in [0.717, 1.165) is 10.7 Å². The van der Waals surface area contributed by atoms with Crippen molar-refractivity contribution in [3.05, 3.63) is 22.3 Å². The van der Waals surface area contributed by atoms with Gasteiger partial charge in [0.2, 0.25) is 0 Å². The molecule has 0 atom stereocenters. The molecule has 1 heterocycles. The van der Waals surface area contributed by atoms with E-state index in [1.807, 2.05) is 6.92 Å². The van der Waals surface area contributed by atoms with Gasteiger partial charge in [-0.3, -0.25) is 0 Å². The van der Waals surface area contributed by atoms with E-state index in [9.17, 15) is 0 Å². The Labute approximate surface area is 76.7 Å². The van der Waals surface area contributed by atoms with Gasteiger partial charge in [-0.1, -0.05) is 11.6 Å². The lowest BCUT2D eigenvalue weighted by Gasteiger charge is -2.06. The molecular formula is C9H11ClN2. The van der Waals surface area contributed by atoms with E-state index >= 15 is 0 Å². The lowest BCUT2D eigenvalue weighted by atomic mass is 10.1. The molecule has 0 unspecified atom stereocenters. The molecule has 2 rings (SSSR count). The monoisotopic (exact) mass is 182 g/mol. The molecule has 1 saturated carbocycles. The van der Waals surface area contributed by atoms with Crippen LogP contribution in [0.25, 0.3) is 0 Å². The summed E-state index contributed by atoms with van der Waals surface area (Å²) in [7, 11) is 0. The van der Waals surface area contributed by atoms with Gasteiger partial charge in [0.05, 0.1) is 0 Å². The first-order chi connectivity index (χ1) is 5.68. The van der Waals surface area contributed by atoms with E-state index in [1.54, 1.807) is 6.07 Å². The molecule has 12 heavy (non-hydrogen) atoms. The van der Waals surface area contributed by atoms with Gasteiger partial charge in [0, 0.05) is 10.7 Å². The molecule has 0 spiro atoms. The summed E-state index contributed by atoms with van der Waals surface area (Å²) in [5.41, 5.74) is 7.74. The number of hydrogen-bond donors (Lipinski definition) is 1. The number of pyridine rings is 1. The Kier molecular flexibility index (Phi) is 1.72. The van der Waals surface area contributed by atoms with Crippen LogP contribution in [-0.4, -0.2) is 4.98 Å². The number of aryl methyl sites for hydroxylation is 1. The molecule has 1 aliphatic rings. The van der Waals surface area contributed by atoms with Crippen LogP contribution in [0.15, 0.2) is 6.07 Å². The van der Waals surface area contributed by atoms with Crippen molar-refractivity contribution >= 4 is 17.4 Å². The van der Waals surface area contributed by atoms with Crippen molar-refractivity contribution in [3.8, 4) is 0 Å². The third kappa shape index (κ3) is 1.27. The van der Waals surface area contributed by atoms with E-state index in [2.05, 4.69) is 4.98 Å². The van der Waals surface area contributed by atoms with Crippen LogP contribution in [0.4, 0.5) is 5.82 Å². The van der Waals surface area contributed by atoms with Gasteiger partial charge in [-0.25, -0.2) is 4.98 Å². The Bertz CT molecular complexity index is 295. The average molecular weight is 183 g/mol.